The van der Waals surface area contributed by atoms with Crippen LogP contribution in [-0.2, 0) is 6.54 Å². The van der Waals surface area contributed by atoms with E-state index in [1.807, 2.05) is 13.8 Å². The second kappa shape index (κ2) is 16.6. The standard InChI is InChI=1S/C28H43N5.C2H6.C2H4/c1-5-12-29-24(4)26-19-23(3)28(30-20-26)33-17-15-32(16-18-33)27-10-13-31(14-11-27)21-25-8-6-22(2)7-9-25;2*1-2/h6-9,19-20,24,27,29H,5,10-18,21H2,1-4H3;1-2H3;1-2H2. The Kier molecular flexibility index (Phi) is 13.9. The highest BCUT2D eigenvalue weighted by Gasteiger charge is 2.28. The summed E-state index contributed by atoms with van der Waals surface area (Å²) in [5, 5.41) is 3.57. The monoisotopic (exact) mass is 507 g/mol. The van der Waals surface area contributed by atoms with Crippen molar-refractivity contribution in [2.45, 2.75) is 79.4 Å². The average Bonchev–Trinajstić information content (AvgIpc) is 2.95. The second-order valence-corrected chi connectivity index (χ2v) is 10.1. The van der Waals surface area contributed by atoms with Crippen molar-refractivity contribution in [3.63, 3.8) is 0 Å². The minimum atomic E-state index is 0.360. The van der Waals surface area contributed by atoms with E-state index in [-0.39, 0.29) is 0 Å². The summed E-state index contributed by atoms with van der Waals surface area (Å²) in [5.41, 5.74) is 5.38. The Morgan fingerprint density at radius 1 is 0.973 bits per heavy atom. The molecule has 1 aromatic heterocycles. The first-order valence-corrected chi connectivity index (χ1v) is 14.5. The Hall–Kier alpha value is -2.21. The number of pyridine rings is 1. The molecule has 1 aromatic carbocycles. The van der Waals surface area contributed by atoms with Crippen LogP contribution in [-0.4, -0.2) is 66.6 Å². The van der Waals surface area contributed by atoms with Gasteiger partial charge in [-0.25, -0.2) is 4.98 Å². The van der Waals surface area contributed by atoms with Gasteiger partial charge in [0, 0.05) is 51.0 Å². The zero-order chi connectivity index (χ0) is 27.2. The van der Waals surface area contributed by atoms with Gasteiger partial charge in [0.05, 0.1) is 0 Å². The Bertz CT molecular complexity index is 881. The first-order chi connectivity index (χ1) is 18.0. The van der Waals surface area contributed by atoms with E-state index in [4.69, 9.17) is 4.98 Å². The van der Waals surface area contributed by atoms with Crippen molar-refractivity contribution in [2.24, 2.45) is 0 Å². The van der Waals surface area contributed by atoms with Gasteiger partial charge in [-0.05, 0) is 82.4 Å². The largest absolute Gasteiger partial charge is 0.354 e. The molecule has 2 aliphatic rings. The van der Waals surface area contributed by atoms with Crippen LogP contribution >= 0.6 is 0 Å². The molecule has 2 saturated heterocycles. The molecule has 2 aliphatic heterocycles. The van der Waals surface area contributed by atoms with Crippen LogP contribution in [0.5, 0.6) is 0 Å². The number of nitrogens with one attached hydrogen (secondary N) is 1. The highest BCUT2D eigenvalue weighted by atomic mass is 15.3. The molecule has 37 heavy (non-hydrogen) atoms. The fourth-order valence-electron chi connectivity index (χ4n) is 5.33. The predicted octanol–water partition coefficient (Wildman–Crippen LogP) is 6.37. The van der Waals surface area contributed by atoms with E-state index in [0.29, 0.717) is 6.04 Å². The van der Waals surface area contributed by atoms with E-state index in [2.05, 4.69) is 97.4 Å². The maximum Gasteiger partial charge on any atom is 0.131 e. The van der Waals surface area contributed by atoms with Crippen LogP contribution in [0.3, 0.4) is 0 Å². The maximum atomic E-state index is 4.88. The molecule has 0 spiro atoms. The molecular weight excluding hydrogens is 454 g/mol. The lowest BCUT2D eigenvalue weighted by Crippen LogP contribution is -2.53. The van der Waals surface area contributed by atoms with Crippen LogP contribution in [0.1, 0.15) is 75.3 Å². The van der Waals surface area contributed by atoms with Gasteiger partial charge in [-0.15, -0.1) is 13.2 Å². The molecule has 1 atom stereocenters. The predicted molar refractivity (Wildman–Crippen MR) is 162 cm³/mol. The number of hydrogen-bond donors (Lipinski definition) is 1. The van der Waals surface area contributed by atoms with E-state index < -0.39 is 0 Å². The van der Waals surface area contributed by atoms with E-state index in [9.17, 15) is 0 Å². The van der Waals surface area contributed by atoms with Crippen molar-refractivity contribution < 1.29 is 0 Å². The van der Waals surface area contributed by atoms with E-state index in [0.717, 1.165) is 51.7 Å². The molecule has 2 aromatic rings. The molecule has 4 rings (SSSR count). The summed E-state index contributed by atoms with van der Waals surface area (Å²) >= 11 is 0. The van der Waals surface area contributed by atoms with E-state index in [1.165, 1.54) is 54.0 Å². The molecule has 3 heterocycles. The Morgan fingerprint density at radius 2 is 1.59 bits per heavy atom. The van der Waals surface area contributed by atoms with Crippen LogP contribution in [0, 0.1) is 13.8 Å². The van der Waals surface area contributed by atoms with Gasteiger partial charge in [0.15, 0.2) is 0 Å². The molecule has 0 radical (unpaired) electrons. The third-order valence-electron chi connectivity index (χ3n) is 7.49. The number of benzene rings is 1. The van der Waals surface area contributed by atoms with Crippen LogP contribution in [0.25, 0.3) is 0 Å². The lowest BCUT2D eigenvalue weighted by molar-refractivity contribution is 0.0997. The van der Waals surface area contributed by atoms with Gasteiger partial charge in [-0.2, -0.15) is 0 Å². The van der Waals surface area contributed by atoms with Crippen molar-refractivity contribution in [2.75, 3.05) is 50.7 Å². The smallest absolute Gasteiger partial charge is 0.131 e. The van der Waals surface area contributed by atoms with Gasteiger partial charge < -0.3 is 10.2 Å². The zero-order valence-electron chi connectivity index (χ0n) is 24.6. The molecule has 1 unspecified atom stereocenters. The average molecular weight is 508 g/mol. The van der Waals surface area contributed by atoms with Crippen LogP contribution in [0.4, 0.5) is 5.82 Å². The van der Waals surface area contributed by atoms with Gasteiger partial charge >= 0.3 is 0 Å². The third-order valence-corrected chi connectivity index (χ3v) is 7.49. The number of piperazine rings is 1. The lowest BCUT2D eigenvalue weighted by atomic mass is 10.0. The molecule has 5 heteroatoms. The molecule has 0 bridgehead atoms. The number of aryl methyl sites for hydroxylation is 2. The SMILES string of the molecule is C=C.CC.CCCNC(C)c1cnc(N2CCN(C3CCN(Cc4ccc(C)cc4)CC3)CC2)c(C)c1. The highest BCUT2D eigenvalue weighted by Crippen LogP contribution is 2.25. The van der Waals surface area contributed by atoms with Crippen LogP contribution in [0.2, 0.25) is 0 Å². The first-order valence-electron chi connectivity index (χ1n) is 14.5. The molecule has 1 N–H and O–H groups in total. The third kappa shape index (κ3) is 9.24. The number of piperidine rings is 1. The number of aromatic nitrogens is 1. The van der Waals surface area contributed by atoms with E-state index >= 15 is 0 Å². The fourth-order valence-corrected chi connectivity index (χ4v) is 5.33. The van der Waals surface area contributed by atoms with Crippen LogP contribution < -0.4 is 10.2 Å². The number of likely N-dealkylation sites (tertiary alicyclic amines) is 1. The molecule has 206 valence electrons. The number of nitrogens with zero attached hydrogens (tertiary/aromatic N) is 4. The highest BCUT2D eigenvalue weighted by molar-refractivity contribution is 5.48. The van der Waals surface area contributed by atoms with Crippen molar-refractivity contribution in [3.05, 3.63) is 71.9 Å². The van der Waals surface area contributed by atoms with Crippen molar-refractivity contribution in [1.82, 2.24) is 20.1 Å². The van der Waals surface area contributed by atoms with Crippen molar-refractivity contribution in [1.29, 1.82) is 0 Å². The van der Waals surface area contributed by atoms with Crippen molar-refractivity contribution >= 4 is 5.82 Å². The summed E-state index contributed by atoms with van der Waals surface area (Å²) in [6, 6.07) is 12.5. The fraction of sp³-hybridized carbons (Fsp3) is 0.594. The number of hydrogen-bond acceptors (Lipinski definition) is 5. The Balaban J connectivity index is 0.00000115. The molecule has 5 nitrogen and oxygen atoms in total. The Labute approximate surface area is 228 Å². The van der Waals surface area contributed by atoms with Gasteiger partial charge in [-0.3, -0.25) is 9.80 Å². The van der Waals surface area contributed by atoms with Gasteiger partial charge in [0.2, 0.25) is 0 Å². The molecule has 0 aliphatic carbocycles. The summed E-state index contributed by atoms with van der Waals surface area (Å²) in [6.45, 7) is 27.9. The summed E-state index contributed by atoms with van der Waals surface area (Å²) in [5.74, 6) is 1.18. The normalized spacial score (nSPS) is 17.8. The Morgan fingerprint density at radius 3 is 2.16 bits per heavy atom. The molecule has 0 saturated carbocycles. The minimum Gasteiger partial charge on any atom is -0.354 e. The van der Waals surface area contributed by atoms with Crippen LogP contribution in [0.15, 0.2) is 49.7 Å². The van der Waals surface area contributed by atoms with Gasteiger partial charge in [-0.1, -0.05) is 50.6 Å². The zero-order valence-corrected chi connectivity index (χ0v) is 24.6. The summed E-state index contributed by atoms with van der Waals surface area (Å²) in [4.78, 5) is 12.7. The lowest BCUT2D eigenvalue weighted by Gasteiger charge is -2.43. The van der Waals surface area contributed by atoms with Crippen molar-refractivity contribution in [3.8, 4) is 0 Å². The topological polar surface area (TPSA) is 34.6 Å². The maximum absolute atomic E-state index is 4.88. The van der Waals surface area contributed by atoms with Gasteiger partial charge in [0.25, 0.3) is 0 Å². The number of anilines is 1. The summed E-state index contributed by atoms with van der Waals surface area (Å²) in [6.07, 6.45) is 5.82. The number of rotatable bonds is 8. The summed E-state index contributed by atoms with van der Waals surface area (Å²) in [7, 11) is 0. The quantitative estimate of drug-likeness (QED) is 0.420. The summed E-state index contributed by atoms with van der Waals surface area (Å²) < 4.78 is 0. The minimum absolute atomic E-state index is 0.360. The molecule has 0 amide bonds. The molecule has 2 fully saturated rings. The molecular formula is C32H53N5. The van der Waals surface area contributed by atoms with Gasteiger partial charge in [0.1, 0.15) is 5.82 Å². The first kappa shape index (κ1) is 31.0. The van der Waals surface area contributed by atoms with E-state index in [1.54, 1.807) is 0 Å². The second-order valence-electron chi connectivity index (χ2n) is 10.1.